The van der Waals surface area contributed by atoms with Crippen LogP contribution in [-0.4, -0.2) is 28.2 Å². The van der Waals surface area contributed by atoms with E-state index in [1.165, 1.54) is 7.11 Å². The Kier molecular flexibility index (Phi) is 4.67. The van der Waals surface area contributed by atoms with Gasteiger partial charge in [-0.2, -0.15) is 5.10 Å². The topological polar surface area (TPSA) is 79.9 Å². The number of anilines is 1. The fourth-order valence-corrected chi connectivity index (χ4v) is 2.44. The van der Waals surface area contributed by atoms with Crippen LogP contribution >= 0.6 is 0 Å². The van der Waals surface area contributed by atoms with Crippen LogP contribution in [0.2, 0.25) is 0 Å². The number of benzene rings is 2. The zero-order valence-corrected chi connectivity index (χ0v) is 13.5. The largest absolute Gasteiger partial charge is 0.367 e. The van der Waals surface area contributed by atoms with Gasteiger partial charge in [-0.1, -0.05) is 42.5 Å². The predicted molar refractivity (Wildman–Crippen MR) is 91.4 cm³/mol. The Morgan fingerprint density at radius 2 is 1.96 bits per heavy atom. The molecule has 0 aliphatic heterocycles. The number of aromatic amines is 1. The molecule has 0 bridgehead atoms. The van der Waals surface area contributed by atoms with Gasteiger partial charge in [0.1, 0.15) is 5.82 Å². The molecule has 0 radical (unpaired) electrons. The number of hydrogen-bond acceptors (Lipinski definition) is 4. The lowest BCUT2D eigenvalue weighted by Gasteiger charge is -2.15. The summed E-state index contributed by atoms with van der Waals surface area (Å²) in [5.41, 5.74) is 2.29. The zero-order chi connectivity index (χ0) is 16.9. The molecule has 2 aromatic carbocycles. The smallest absolute Gasteiger partial charge is 0.258 e. The first-order valence-electron chi connectivity index (χ1n) is 7.55. The van der Waals surface area contributed by atoms with Crippen molar-refractivity contribution in [3.05, 3.63) is 66.0 Å². The molecule has 1 aromatic heterocycles. The Balaban J connectivity index is 1.79. The molecular weight excluding hydrogens is 304 g/mol. The lowest BCUT2D eigenvalue weighted by atomic mass is 10.1. The highest BCUT2D eigenvalue weighted by Gasteiger charge is 2.20. The van der Waals surface area contributed by atoms with Gasteiger partial charge in [-0.15, -0.1) is 0 Å². The van der Waals surface area contributed by atoms with Crippen molar-refractivity contribution in [2.24, 2.45) is 0 Å². The van der Waals surface area contributed by atoms with E-state index in [9.17, 15) is 4.79 Å². The van der Waals surface area contributed by atoms with Crippen LogP contribution < -0.4 is 5.32 Å². The van der Waals surface area contributed by atoms with Gasteiger partial charge >= 0.3 is 0 Å². The normalized spacial score (nSPS) is 11.9. The van der Waals surface area contributed by atoms with Crippen LogP contribution in [0.4, 0.5) is 5.69 Å². The molecule has 0 spiro atoms. The molecule has 0 fully saturated rings. The minimum Gasteiger partial charge on any atom is -0.367 e. The highest BCUT2D eigenvalue weighted by Crippen LogP contribution is 2.22. The van der Waals surface area contributed by atoms with E-state index in [1.807, 2.05) is 61.5 Å². The molecule has 0 saturated carbocycles. The Morgan fingerprint density at radius 3 is 2.62 bits per heavy atom. The Bertz CT molecular complexity index is 830. The molecule has 1 amide bonds. The Labute approximate surface area is 139 Å². The van der Waals surface area contributed by atoms with Gasteiger partial charge in [0, 0.05) is 18.4 Å². The molecular formula is C18H18N4O2. The first-order chi connectivity index (χ1) is 11.7. The molecule has 0 saturated heterocycles. The second kappa shape index (κ2) is 7.06. The summed E-state index contributed by atoms with van der Waals surface area (Å²) in [6.07, 6.45) is -0.666. The molecule has 6 heteroatoms. The maximum absolute atomic E-state index is 12.5. The standard InChI is InChI=1S/C18H18N4O2/c1-12-19-17(22-21-12)14-9-6-10-15(11-14)20-18(23)16(24-2)13-7-4-3-5-8-13/h3-11,16H,1-2H3,(H,20,23)(H,19,21,22). The summed E-state index contributed by atoms with van der Waals surface area (Å²) in [5.74, 6) is 1.10. The van der Waals surface area contributed by atoms with Crippen molar-refractivity contribution < 1.29 is 9.53 Å². The number of nitrogens with one attached hydrogen (secondary N) is 2. The number of nitrogens with zero attached hydrogens (tertiary/aromatic N) is 2. The van der Waals surface area contributed by atoms with Crippen LogP contribution in [0.15, 0.2) is 54.6 Å². The molecule has 0 aliphatic carbocycles. The number of amides is 1. The number of aryl methyl sites for hydroxylation is 1. The van der Waals surface area contributed by atoms with E-state index in [0.29, 0.717) is 11.5 Å². The first kappa shape index (κ1) is 15.9. The van der Waals surface area contributed by atoms with Crippen LogP contribution in [0.25, 0.3) is 11.4 Å². The van der Waals surface area contributed by atoms with Gasteiger partial charge < -0.3 is 10.1 Å². The number of hydrogen-bond donors (Lipinski definition) is 2. The molecule has 122 valence electrons. The molecule has 3 rings (SSSR count). The fraction of sp³-hybridized carbons (Fsp3) is 0.167. The van der Waals surface area contributed by atoms with E-state index >= 15 is 0 Å². The highest BCUT2D eigenvalue weighted by atomic mass is 16.5. The van der Waals surface area contributed by atoms with Crippen molar-refractivity contribution in [1.82, 2.24) is 15.2 Å². The van der Waals surface area contributed by atoms with Crippen LogP contribution in [0, 0.1) is 6.92 Å². The Hall–Kier alpha value is -2.99. The van der Waals surface area contributed by atoms with Gasteiger partial charge in [-0.05, 0) is 24.6 Å². The van der Waals surface area contributed by atoms with E-state index in [4.69, 9.17) is 4.74 Å². The monoisotopic (exact) mass is 322 g/mol. The third-order valence-electron chi connectivity index (χ3n) is 3.56. The number of aromatic nitrogens is 3. The van der Waals surface area contributed by atoms with E-state index < -0.39 is 6.10 Å². The summed E-state index contributed by atoms with van der Waals surface area (Å²) in [6.45, 7) is 1.84. The third-order valence-corrected chi connectivity index (χ3v) is 3.56. The third kappa shape index (κ3) is 3.49. The lowest BCUT2D eigenvalue weighted by Crippen LogP contribution is -2.22. The summed E-state index contributed by atoms with van der Waals surface area (Å²) >= 11 is 0. The van der Waals surface area contributed by atoms with Crippen LogP contribution in [0.1, 0.15) is 17.5 Å². The van der Waals surface area contributed by atoms with Crippen molar-refractivity contribution in [3.63, 3.8) is 0 Å². The SMILES string of the molecule is COC(C(=O)Nc1cccc(-c2n[nH]c(C)n2)c1)c1ccccc1. The Morgan fingerprint density at radius 1 is 1.17 bits per heavy atom. The summed E-state index contributed by atoms with van der Waals surface area (Å²) in [4.78, 5) is 16.8. The van der Waals surface area contributed by atoms with Crippen molar-refractivity contribution in [3.8, 4) is 11.4 Å². The molecule has 6 nitrogen and oxygen atoms in total. The second-order valence-electron chi connectivity index (χ2n) is 5.34. The van der Waals surface area contributed by atoms with Crippen molar-refractivity contribution >= 4 is 11.6 Å². The number of carbonyl (C=O) groups excluding carboxylic acids is 1. The number of methoxy groups -OCH3 is 1. The highest BCUT2D eigenvalue weighted by molar-refractivity contribution is 5.95. The van der Waals surface area contributed by atoms with Crippen LogP contribution in [0.5, 0.6) is 0 Å². The predicted octanol–water partition coefficient (Wildman–Crippen LogP) is 3.11. The minimum absolute atomic E-state index is 0.230. The van der Waals surface area contributed by atoms with Gasteiger partial charge in [0.05, 0.1) is 0 Å². The number of ether oxygens (including phenoxy) is 1. The average Bonchev–Trinajstić information content (AvgIpc) is 3.03. The molecule has 0 aliphatic rings. The fourth-order valence-electron chi connectivity index (χ4n) is 2.44. The number of H-pyrrole nitrogens is 1. The quantitative estimate of drug-likeness (QED) is 0.756. The maximum atomic E-state index is 12.5. The molecule has 1 unspecified atom stereocenters. The molecule has 1 heterocycles. The second-order valence-corrected chi connectivity index (χ2v) is 5.34. The van der Waals surface area contributed by atoms with Crippen LogP contribution in [0.3, 0.4) is 0 Å². The zero-order valence-electron chi connectivity index (χ0n) is 13.5. The minimum atomic E-state index is -0.666. The van der Waals surface area contributed by atoms with E-state index in [2.05, 4.69) is 20.5 Å². The molecule has 1 atom stereocenters. The molecule has 24 heavy (non-hydrogen) atoms. The van der Waals surface area contributed by atoms with Crippen molar-refractivity contribution in [2.45, 2.75) is 13.0 Å². The van der Waals surface area contributed by atoms with Gasteiger partial charge in [-0.3, -0.25) is 9.89 Å². The van der Waals surface area contributed by atoms with Crippen LogP contribution in [-0.2, 0) is 9.53 Å². The average molecular weight is 322 g/mol. The first-order valence-corrected chi connectivity index (χ1v) is 7.55. The summed E-state index contributed by atoms with van der Waals surface area (Å²) in [5, 5.41) is 9.82. The van der Waals surface area contributed by atoms with Crippen molar-refractivity contribution in [1.29, 1.82) is 0 Å². The van der Waals surface area contributed by atoms with Gasteiger partial charge in [-0.25, -0.2) is 4.98 Å². The van der Waals surface area contributed by atoms with E-state index in [-0.39, 0.29) is 5.91 Å². The molecule has 3 aromatic rings. The summed E-state index contributed by atoms with van der Waals surface area (Å²) < 4.78 is 5.35. The van der Waals surface area contributed by atoms with Crippen molar-refractivity contribution in [2.75, 3.05) is 12.4 Å². The maximum Gasteiger partial charge on any atom is 0.258 e. The number of carbonyl (C=O) groups is 1. The summed E-state index contributed by atoms with van der Waals surface area (Å²) in [6, 6.07) is 16.8. The lowest BCUT2D eigenvalue weighted by molar-refractivity contribution is -0.126. The van der Waals surface area contributed by atoms with Gasteiger partial charge in [0.15, 0.2) is 11.9 Å². The molecule has 2 N–H and O–H groups in total. The van der Waals surface area contributed by atoms with E-state index in [0.717, 1.165) is 17.0 Å². The van der Waals surface area contributed by atoms with E-state index in [1.54, 1.807) is 0 Å². The van der Waals surface area contributed by atoms with Gasteiger partial charge in [0.25, 0.3) is 5.91 Å². The number of rotatable bonds is 5. The van der Waals surface area contributed by atoms with Gasteiger partial charge in [0.2, 0.25) is 0 Å². The summed E-state index contributed by atoms with van der Waals surface area (Å²) in [7, 11) is 1.52.